The van der Waals surface area contributed by atoms with Crippen molar-refractivity contribution >= 4 is 11.8 Å². The third-order valence-corrected chi connectivity index (χ3v) is 3.76. The third-order valence-electron chi connectivity index (χ3n) is 3.76. The van der Waals surface area contributed by atoms with Crippen LogP contribution in [0.4, 0.5) is 0 Å². The topological polar surface area (TPSA) is 67.4 Å². The minimum absolute atomic E-state index is 0.0963. The number of rotatable bonds is 5. The van der Waals surface area contributed by atoms with Crippen LogP contribution in [0.15, 0.2) is 24.3 Å². The quantitative estimate of drug-likeness (QED) is 0.870. The Morgan fingerprint density at radius 2 is 1.54 bits per heavy atom. The van der Waals surface area contributed by atoms with Crippen LogP contribution in [-0.2, 0) is 16.0 Å². The standard InChI is InChI=1S/C19H28N2O3/c1-12(2)10-15-17(22)21-16(18(23)20-15)11-13-6-8-14(9-7-13)24-19(3,4)5/h6-9,12,15-16H,10-11H2,1-5H3,(H,20,23)(H,21,22)/t15-,16-/m0/s1. The van der Waals surface area contributed by atoms with E-state index in [9.17, 15) is 9.59 Å². The monoisotopic (exact) mass is 332 g/mol. The van der Waals surface area contributed by atoms with E-state index in [4.69, 9.17) is 4.74 Å². The van der Waals surface area contributed by atoms with Gasteiger partial charge in [0.25, 0.3) is 0 Å². The normalized spacial score (nSPS) is 21.4. The van der Waals surface area contributed by atoms with Crippen LogP contribution in [0.3, 0.4) is 0 Å². The molecule has 0 bridgehead atoms. The average Bonchev–Trinajstić information content (AvgIpc) is 2.44. The van der Waals surface area contributed by atoms with Crippen molar-refractivity contribution in [1.82, 2.24) is 10.6 Å². The number of hydrogen-bond acceptors (Lipinski definition) is 3. The van der Waals surface area contributed by atoms with E-state index in [1.165, 1.54) is 0 Å². The summed E-state index contributed by atoms with van der Waals surface area (Å²) in [5.74, 6) is 0.935. The summed E-state index contributed by atoms with van der Waals surface area (Å²) in [7, 11) is 0. The van der Waals surface area contributed by atoms with Gasteiger partial charge in [-0.25, -0.2) is 0 Å². The Bertz CT molecular complexity index is 588. The summed E-state index contributed by atoms with van der Waals surface area (Å²) in [4.78, 5) is 24.4. The van der Waals surface area contributed by atoms with E-state index in [1.54, 1.807) is 0 Å². The zero-order valence-electron chi connectivity index (χ0n) is 15.2. The number of piperazine rings is 1. The number of carbonyl (C=O) groups is 2. The summed E-state index contributed by atoms with van der Waals surface area (Å²) >= 11 is 0. The molecular formula is C19H28N2O3. The zero-order valence-corrected chi connectivity index (χ0v) is 15.2. The van der Waals surface area contributed by atoms with Crippen molar-refractivity contribution in [2.75, 3.05) is 0 Å². The zero-order chi connectivity index (χ0) is 17.9. The summed E-state index contributed by atoms with van der Waals surface area (Å²) in [6, 6.07) is 6.71. The lowest BCUT2D eigenvalue weighted by Gasteiger charge is -2.30. The van der Waals surface area contributed by atoms with Crippen molar-refractivity contribution < 1.29 is 14.3 Å². The number of hydrogen-bond donors (Lipinski definition) is 2. The van der Waals surface area contributed by atoms with Crippen molar-refractivity contribution in [2.45, 2.75) is 65.1 Å². The van der Waals surface area contributed by atoms with Crippen LogP contribution in [-0.4, -0.2) is 29.5 Å². The summed E-state index contributed by atoms with van der Waals surface area (Å²) in [6.45, 7) is 10.1. The Balaban J connectivity index is 1.96. The number of ether oxygens (including phenoxy) is 1. The lowest BCUT2D eigenvalue weighted by molar-refractivity contribution is -0.137. The van der Waals surface area contributed by atoms with Crippen molar-refractivity contribution in [2.24, 2.45) is 5.92 Å². The average molecular weight is 332 g/mol. The highest BCUT2D eigenvalue weighted by atomic mass is 16.5. The molecule has 2 N–H and O–H groups in total. The molecule has 5 heteroatoms. The van der Waals surface area contributed by atoms with Gasteiger partial charge in [0.2, 0.25) is 11.8 Å². The maximum atomic E-state index is 12.2. The van der Waals surface area contributed by atoms with Gasteiger partial charge in [-0.1, -0.05) is 26.0 Å². The molecule has 0 unspecified atom stereocenters. The molecule has 0 aromatic heterocycles. The maximum Gasteiger partial charge on any atom is 0.243 e. The first-order valence-electron chi connectivity index (χ1n) is 8.53. The van der Waals surface area contributed by atoms with Crippen LogP contribution >= 0.6 is 0 Å². The van der Waals surface area contributed by atoms with Crippen LogP contribution in [0.1, 0.15) is 46.6 Å². The molecule has 0 saturated carbocycles. The second kappa shape index (κ2) is 7.24. The van der Waals surface area contributed by atoms with Gasteiger partial charge in [-0.2, -0.15) is 0 Å². The molecule has 1 fully saturated rings. The predicted octanol–water partition coefficient (Wildman–Crippen LogP) is 2.44. The minimum atomic E-state index is -0.518. The summed E-state index contributed by atoms with van der Waals surface area (Å²) < 4.78 is 5.79. The van der Waals surface area contributed by atoms with Gasteiger partial charge in [0.15, 0.2) is 0 Å². The molecule has 1 aliphatic rings. The van der Waals surface area contributed by atoms with E-state index in [1.807, 2.05) is 58.9 Å². The van der Waals surface area contributed by atoms with Crippen LogP contribution in [0, 0.1) is 5.92 Å². The molecule has 5 nitrogen and oxygen atoms in total. The van der Waals surface area contributed by atoms with E-state index in [2.05, 4.69) is 10.6 Å². The summed E-state index contributed by atoms with van der Waals surface area (Å²) in [5, 5.41) is 5.68. The first-order chi connectivity index (χ1) is 11.1. The Morgan fingerprint density at radius 1 is 1.00 bits per heavy atom. The second-order valence-corrected chi connectivity index (χ2v) is 7.81. The molecule has 0 radical (unpaired) electrons. The molecule has 1 aromatic rings. The molecule has 2 rings (SSSR count). The fraction of sp³-hybridized carbons (Fsp3) is 0.579. The molecule has 2 amide bonds. The Kier molecular flexibility index (Phi) is 5.52. The lowest BCUT2D eigenvalue weighted by atomic mass is 9.97. The van der Waals surface area contributed by atoms with Crippen molar-refractivity contribution in [3.05, 3.63) is 29.8 Å². The molecular weight excluding hydrogens is 304 g/mol. The highest BCUT2D eigenvalue weighted by Gasteiger charge is 2.33. The summed E-state index contributed by atoms with van der Waals surface area (Å²) in [6.07, 6.45) is 1.13. The molecule has 0 spiro atoms. The molecule has 24 heavy (non-hydrogen) atoms. The molecule has 1 aliphatic heterocycles. The number of benzene rings is 1. The number of amides is 2. The van der Waals surface area contributed by atoms with E-state index >= 15 is 0 Å². The Hall–Kier alpha value is -2.04. The van der Waals surface area contributed by atoms with Crippen LogP contribution in [0.5, 0.6) is 5.75 Å². The van der Waals surface area contributed by atoms with Gasteiger partial charge >= 0.3 is 0 Å². The maximum absolute atomic E-state index is 12.2. The highest BCUT2D eigenvalue weighted by molar-refractivity contribution is 5.97. The fourth-order valence-corrected chi connectivity index (χ4v) is 2.74. The van der Waals surface area contributed by atoms with Crippen molar-refractivity contribution in [1.29, 1.82) is 0 Å². The molecule has 2 atom stereocenters. The van der Waals surface area contributed by atoms with Gasteiger partial charge in [-0.05, 0) is 50.8 Å². The highest BCUT2D eigenvalue weighted by Crippen LogP contribution is 2.19. The summed E-state index contributed by atoms with van der Waals surface area (Å²) in [5.41, 5.74) is 0.739. The molecule has 1 aromatic carbocycles. The van der Waals surface area contributed by atoms with Crippen molar-refractivity contribution in [3.8, 4) is 5.75 Å². The smallest absolute Gasteiger partial charge is 0.243 e. The van der Waals surface area contributed by atoms with E-state index in [0.717, 1.165) is 11.3 Å². The molecule has 1 saturated heterocycles. The lowest BCUT2D eigenvalue weighted by Crippen LogP contribution is -2.62. The van der Waals surface area contributed by atoms with Crippen LogP contribution in [0.25, 0.3) is 0 Å². The predicted molar refractivity (Wildman–Crippen MR) is 93.8 cm³/mol. The van der Waals surface area contributed by atoms with E-state index < -0.39 is 12.1 Å². The van der Waals surface area contributed by atoms with Crippen molar-refractivity contribution in [3.63, 3.8) is 0 Å². The van der Waals surface area contributed by atoms with Crippen LogP contribution < -0.4 is 15.4 Å². The minimum Gasteiger partial charge on any atom is -0.488 e. The Labute approximate surface area is 144 Å². The molecule has 0 aliphatic carbocycles. The van der Waals surface area contributed by atoms with Gasteiger partial charge in [0, 0.05) is 6.42 Å². The molecule has 132 valence electrons. The van der Waals surface area contributed by atoms with Gasteiger partial charge in [-0.15, -0.1) is 0 Å². The largest absolute Gasteiger partial charge is 0.488 e. The van der Waals surface area contributed by atoms with Gasteiger partial charge in [0.1, 0.15) is 23.4 Å². The van der Waals surface area contributed by atoms with E-state index in [-0.39, 0.29) is 17.4 Å². The van der Waals surface area contributed by atoms with Gasteiger partial charge < -0.3 is 15.4 Å². The Morgan fingerprint density at radius 3 is 2.08 bits per heavy atom. The van der Waals surface area contributed by atoms with E-state index in [0.29, 0.717) is 18.8 Å². The van der Waals surface area contributed by atoms with Crippen LogP contribution in [0.2, 0.25) is 0 Å². The SMILES string of the molecule is CC(C)C[C@@H]1NC(=O)[C@H](Cc2ccc(OC(C)(C)C)cc2)NC1=O. The molecule has 1 heterocycles. The number of carbonyl (C=O) groups excluding carboxylic acids is 2. The fourth-order valence-electron chi connectivity index (χ4n) is 2.74. The third kappa shape index (κ3) is 5.25. The second-order valence-electron chi connectivity index (χ2n) is 7.81. The first kappa shape index (κ1) is 18.3. The number of nitrogens with one attached hydrogen (secondary N) is 2. The first-order valence-corrected chi connectivity index (χ1v) is 8.53. The van der Waals surface area contributed by atoms with Gasteiger partial charge in [0.05, 0.1) is 0 Å². The van der Waals surface area contributed by atoms with Gasteiger partial charge in [-0.3, -0.25) is 9.59 Å².